The number of pyridine rings is 1. The molecule has 0 bridgehead atoms. The normalized spacial score (nSPS) is 15.7. The molecule has 138 valence electrons. The Hall–Kier alpha value is -1.88. The second-order valence-electron chi connectivity index (χ2n) is 7.04. The maximum absolute atomic E-state index is 12.5. The third kappa shape index (κ3) is 5.31. The van der Waals surface area contributed by atoms with Crippen molar-refractivity contribution in [3.8, 4) is 0 Å². The summed E-state index contributed by atoms with van der Waals surface area (Å²) >= 11 is 3.37. The molecule has 1 aromatic heterocycles. The number of benzene rings is 1. The summed E-state index contributed by atoms with van der Waals surface area (Å²) in [5.74, 6) is 0.567. The van der Waals surface area contributed by atoms with Crippen molar-refractivity contribution in [1.82, 2.24) is 9.88 Å². The molecule has 1 amide bonds. The van der Waals surface area contributed by atoms with Crippen molar-refractivity contribution in [2.45, 2.75) is 51.1 Å². The number of halogens is 1. The lowest BCUT2D eigenvalue weighted by molar-refractivity contribution is -0.122. The van der Waals surface area contributed by atoms with Gasteiger partial charge in [0.15, 0.2) is 0 Å². The number of carbonyl (C=O) groups excluding carboxylic acids is 1. The average Bonchev–Trinajstić information content (AvgIpc) is 3.17. The Balaban J connectivity index is 1.61. The number of carbonyl (C=O) groups is 1. The minimum atomic E-state index is -0.0855. The zero-order valence-corrected chi connectivity index (χ0v) is 16.5. The second kappa shape index (κ2) is 9.17. The second-order valence-corrected chi connectivity index (χ2v) is 7.95. The molecule has 5 heteroatoms. The monoisotopic (exact) mass is 416 g/mol. The summed E-state index contributed by atoms with van der Waals surface area (Å²) in [6, 6.07) is 13.7. The Morgan fingerprint density at radius 1 is 1.15 bits per heavy atom. The van der Waals surface area contributed by atoms with E-state index in [2.05, 4.69) is 33.4 Å². The third-order valence-electron chi connectivity index (χ3n) is 5.14. The van der Waals surface area contributed by atoms with Crippen molar-refractivity contribution in [1.29, 1.82) is 0 Å². The fourth-order valence-electron chi connectivity index (χ4n) is 3.74. The maximum Gasteiger partial charge on any atom is 0.250 e. The molecule has 1 saturated carbocycles. The van der Waals surface area contributed by atoms with Gasteiger partial charge in [-0.15, -0.1) is 0 Å². The minimum absolute atomic E-state index is 0.0182. The molecule has 1 aliphatic rings. The van der Waals surface area contributed by atoms with Gasteiger partial charge in [-0.1, -0.05) is 43.2 Å². The van der Waals surface area contributed by atoms with Gasteiger partial charge in [0.05, 0.1) is 0 Å². The molecule has 0 saturated heterocycles. The highest BCUT2D eigenvalue weighted by atomic mass is 79.9. The molecule has 2 aromatic rings. The molecule has 1 N–H and O–H groups in total. The number of nitrogens with zero attached hydrogens (tertiary/aromatic N) is 1. The topological polar surface area (TPSA) is 51.1 Å². The highest BCUT2D eigenvalue weighted by Gasteiger charge is 2.26. The first-order valence-corrected chi connectivity index (χ1v) is 10.1. The number of amides is 1. The SMILES string of the molecule is O=C(CCn1cc(Br)ccc1=O)NC(Cc1ccccc1)C1CCCC1. The summed E-state index contributed by atoms with van der Waals surface area (Å²) in [7, 11) is 0. The van der Waals surface area contributed by atoms with E-state index in [1.54, 1.807) is 16.8 Å². The Morgan fingerprint density at radius 3 is 2.62 bits per heavy atom. The van der Waals surface area contributed by atoms with Gasteiger partial charge in [-0.05, 0) is 52.7 Å². The van der Waals surface area contributed by atoms with Crippen LogP contribution >= 0.6 is 15.9 Å². The molecular weight excluding hydrogens is 392 g/mol. The zero-order chi connectivity index (χ0) is 18.4. The number of aryl methyl sites for hydroxylation is 1. The Labute approximate surface area is 162 Å². The van der Waals surface area contributed by atoms with Crippen molar-refractivity contribution in [2.24, 2.45) is 5.92 Å². The van der Waals surface area contributed by atoms with E-state index in [0.29, 0.717) is 18.9 Å². The van der Waals surface area contributed by atoms with Crippen LogP contribution in [0, 0.1) is 5.92 Å². The number of hydrogen-bond acceptors (Lipinski definition) is 2. The van der Waals surface area contributed by atoms with E-state index in [4.69, 9.17) is 0 Å². The van der Waals surface area contributed by atoms with Crippen LogP contribution in [0.3, 0.4) is 0 Å². The highest BCUT2D eigenvalue weighted by molar-refractivity contribution is 9.10. The zero-order valence-electron chi connectivity index (χ0n) is 14.9. The van der Waals surface area contributed by atoms with Crippen molar-refractivity contribution in [2.75, 3.05) is 0 Å². The minimum Gasteiger partial charge on any atom is -0.353 e. The van der Waals surface area contributed by atoms with Gasteiger partial charge in [-0.25, -0.2) is 0 Å². The van der Waals surface area contributed by atoms with Crippen LogP contribution in [0.1, 0.15) is 37.7 Å². The standard InChI is InChI=1S/C21H25BrN2O2/c22-18-10-11-21(26)24(15-18)13-12-20(25)23-19(17-8-4-5-9-17)14-16-6-2-1-3-7-16/h1-3,6-7,10-11,15,17,19H,4-5,8-9,12-14H2,(H,23,25). The number of nitrogens with one attached hydrogen (secondary N) is 1. The van der Waals surface area contributed by atoms with Crippen LogP contribution in [0.4, 0.5) is 0 Å². The molecule has 1 aliphatic carbocycles. The summed E-state index contributed by atoms with van der Waals surface area (Å²) in [4.78, 5) is 24.4. The van der Waals surface area contributed by atoms with Gasteiger partial charge in [0.1, 0.15) is 0 Å². The van der Waals surface area contributed by atoms with E-state index < -0.39 is 0 Å². The van der Waals surface area contributed by atoms with Crippen LogP contribution in [0.2, 0.25) is 0 Å². The average molecular weight is 417 g/mol. The summed E-state index contributed by atoms with van der Waals surface area (Å²) in [6.45, 7) is 0.396. The number of aromatic nitrogens is 1. The molecular formula is C21H25BrN2O2. The molecule has 0 spiro atoms. The van der Waals surface area contributed by atoms with Gasteiger partial charge in [-0.3, -0.25) is 9.59 Å². The first-order chi connectivity index (χ1) is 12.6. The lowest BCUT2D eigenvalue weighted by Gasteiger charge is -2.25. The first-order valence-electron chi connectivity index (χ1n) is 9.31. The summed E-state index contributed by atoms with van der Waals surface area (Å²) in [5.41, 5.74) is 1.17. The molecule has 4 nitrogen and oxygen atoms in total. The van der Waals surface area contributed by atoms with Crippen LogP contribution in [0.15, 0.2) is 57.9 Å². The largest absolute Gasteiger partial charge is 0.353 e. The summed E-state index contributed by atoms with van der Waals surface area (Å²) in [5, 5.41) is 3.25. The van der Waals surface area contributed by atoms with Gasteiger partial charge in [-0.2, -0.15) is 0 Å². The smallest absolute Gasteiger partial charge is 0.250 e. The van der Waals surface area contributed by atoms with E-state index in [0.717, 1.165) is 10.9 Å². The van der Waals surface area contributed by atoms with Crippen LogP contribution in [-0.4, -0.2) is 16.5 Å². The first kappa shape index (κ1) is 18.9. The van der Waals surface area contributed by atoms with Crippen molar-refractivity contribution < 1.29 is 4.79 Å². The Kier molecular flexibility index (Phi) is 6.67. The van der Waals surface area contributed by atoms with E-state index in [1.165, 1.54) is 37.3 Å². The fourth-order valence-corrected chi connectivity index (χ4v) is 4.12. The van der Waals surface area contributed by atoms with Gasteiger partial charge in [0.25, 0.3) is 5.56 Å². The van der Waals surface area contributed by atoms with Gasteiger partial charge in [0, 0.05) is 35.7 Å². The number of hydrogen-bond donors (Lipinski definition) is 1. The predicted molar refractivity (Wildman–Crippen MR) is 107 cm³/mol. The van der Waals surface area contributed by atoms with Crippen molar-refractivity contribution >= 4 is 21.8 Å². The Morgan fingerprint density at radius 2 is 1.88 bits per heavy atom. The van der Waals surface area contributed by atoms with Crippen LogP contribution in [-0.2, 0) is 17.8 Å². The molecule has 26 heavy (non-hydrogen) atoms. The van der Waals surface area contributed by atoms with E-state index >= 15 is 0 Å². The van der Waals surface area contributed by atoms with Crippen LogP contribution < -0.4 is 10.9 Å². The quantitative estimate of drug-likeness (QED) is 0.743. The predicted octanol–water partition coefficient (Wildman–Crippen LogP) is 3.92. The summed E-state index contributed by atoms with van der Waals surface area (Å²) < 4.78 is 2.41. The molecule has 1 unspecified atom stereocenters. The Bertz CT molecular complexity index is 782. The van der Waals surface area contributed by atoms with E-state index in [1.807, 2.05) is 18.2 Å². The maximum atomic E-state index is 12.5. The van der Waals surface area contributed by atoms with Gasteiger partial charge in [0.2, 0.25) is 5.91 Å². The molecule has 1 fully saturated rings. The van der Waals surface area contributed by atoms with Gasteiger partial charge >= 0.3 is 0 Å². The van der Waals surface area contributed by atoms with Crippen LogP contribution in [0.25, 0.3) is 0 Å². The molecule has 0 aliphatic heterocycles. The lowest BCUT2D eigenvalue weighted by Crippen LogP contribution is -2.41. The van der Waals surface area contributed by atoms with E-state index in [9.17, 15) is 9.59 Å². The van der Waals surface area contributed by atoms with E-state index in [-0.39, 0.29) is 17.5 Å². The molecule has 1 aromatic carbocycles. The number of rotatable bonds is 7. The highest BCUT2D eigenvalue weighted by Crippen LogP contribution is 2.29. The molecule has 1 heterocycles. The van der Waals surface area contributed by atoms with Crippen molar-refractivity contribution in [3.63, 3.8) is 0 Å². The third-order valence-corrected chi connectivity index (χ3v) is 5.61. The molecule has 3 rings (SSSR count). The lowest BCUT2D eigenvalue weighted by atomic mass is 9.92. The van der Waals surface area contributed by atoms with Crippen molar-refractivity contribution in [3.05, 3.63) is 69.1 Å². The summed E-state index contributed by atoms with van der Waals surface area (Å²) in [6.07, 6.45) is 7.78. The fraction of sp³-hybridized carbons (Fsp3) is 0.429. The molecule has 1 atom stereocenters. The van der Waals surface area contributed by atoms with Gasteiger partial charge < -0.3 is 9.88 Å². The molecule has 0 radical (unpaired) electrons. The van der Waals surface area contributed by atoms with Crippen LogP contribution in [0.5, 0.6) is 0 Å².